The second kappa shape index (κ2) is 7.89. The number of fused-ring (bicyclic) bond motifs is 1. The number of aromatic amines is 1. The normalized spacial score (nSPS) is 25.0. The van der Waals surface area contributed by atoms with E-state index in [1.54, 1.807) is 0 Å². The number of hydrogen-bond donors (Lipinski definition) is 3. The first-order valence-corrected chi connectivity index (χ1v) is 12.9. The smallest absolute Gasteiger partial charge is 0.410 e. The van der Waals surface area contributed by atoms with E-state index in [4.69, 9.17) is 4.74 Å². The van der Waals surface area contributed by atoms with E-state index < -0.39 is 15.8 Å². The number of halogens is 1. The van der Waals surface area contributed by atoms with E-state index in [-0.39, 0.29) is 46.3 Å². The Morgan fingerprint density at radius 2 is 2.15 bits per heavy atom. The Hall–Kier alpha value is -2.82. The summed E-state index contributed by atoms with van der Waals surface area (Å²) in [5.74, 6) is -0.386. The number of carbonyl (C=O) groups is 1. The van der Waals surface area contributed by atoms with Crippen molar-refractivity contribution >= 4 is 33.3 Å². The fourth-order valence-corrected chi connectivity index (χ4v) is 6.34. The van der Waals surface area contributed by atoms with Crippen LogP contribution in [0.5, 0.6) is 0 Å². The lowest BCUT2D eigenvalue weighted by Crippen LogP contribution is -2.43. The molecule has 0 bridgehead atoms. The van der Waals surface area contributed by atoms with Gasteiger partial charge in [-0.3, -0.25) is 9.82 Å². The van der Waals surface area contributed by atoms with E-state index in [1.165, 1.54) is 12.1 Å². The summed E-state index contributed by atoms with van der Waals surface area (Å²) in [6.07, 6.45) is 3.96. The number of aromatic nitrogens is 2. The lowest BCUT2D eigenvalue weighted by Gasteiger charge is -2.31. The van der Waals surface area contributed by atoms with Gasteiger partial charge < -0.3 is 15.0 Å². The van der Waals surface area contributed by atoms with Crippen molar-refractivity contribution in [3.05, 3.63) is 35.3 Å². The molecule has 9 nitrogen and oxygen atoms in total. The maximum atomic E-state index is 14.8. The zero-order chi connectivity index (χ0) is 23.4. The van der Waals surface area contributed by atoms with Gasteiger partial charge in [-0.05, 0) is 58.1 Å². The van der Waals surface area contributed by atoms with Crippen molar-refractivity contribution in [2.75, 3.05) is 16.6 Å². The van der Waals surface area contributed by atoms with Crippen LogP contribution < -0.4 is 10.0 Å². The van der Waals surface area contributed by atoms with Crippen LogP contribution in [-0.2, 0) is 20.5 Å². The molecule has 2 aliphatic heterocycles. The van der Waals surface area contributed by atoms with Crippen molar-refractivity contribution in [2.24, 2.45) is 0 Å². The van der Waals surface area contributed by atoms with Crippen molar-refractivity contribution in [3.8, 4) is 0 Å². The summed E-state index contributed by atoms with van der Waals surface area (Å²) >= 11 is 0. The van der Waals surface area contributed by atoms with Gasteiger partial charge in [-0.25, -0.2) is 17.6 Å². The van der Waals surface area contributed by atoms with Crippen LogP contribution in [0.4, 0.5) is 26.4 Å². The number of anilines is 3. The quantitative estimate of drug-likeness (QED) is 0.608. The standard InChI is InChI=1S/C22H28FN5O4S/c1-22(2)8-3-9-28(22)21(29)32-14-5-4-13(10-14)18-11-19(26-25-18)24-17-7-6-16-15(20(17)23)12-33(30,31)27-16/h6-7,11,13-14,27H,3-5,8-10,12H2,1-2H3,(H2,24,25,26)/t13-,14+/m1/s1. The number of H-pyrrole nitrogens is 1. The predicted octanol–water partition coefficient (Wildman–Crippen LogP) is 4.19. The fourth-order valence-electron chi connectivity index (χ4n) is 5.08. The summed E-state index contributed by atoms with van der Waals surface area (Å²) in [6, 6.07) is 4.85. The first-order chi connectivity index (χ1) is 15.6. The number of carbonyl (C=O) groups excluding carboxylic acids is 1. The number of sulfonamides is 1. The molecule has 5 rings (SSSR count). The number of nitrogens with zero attached hydrogens (tertiary/aromatic N) is 2. The van der Waals surface area contributed by atoms with Crippen LogP contribution in [-0.4, -0.2) is 47.8 Å². The van der Waals surface area contributed by atoms with Crippen LogP contribution in [0, 0.1) is 5.82 Å². The summed E-state index contributed by atoms with van der Waals surface area (Å²) in [5, 5.41) is 10.2. The van der Waals surface area contributed by atoms with Crippen LogP contribution >= 0.6 is 0 Å². The van der Waals surface area contributed by atoms with Gasteiger partial charge in [-0.1, -0.05) is 0 Å². The number of rotatable bonds is 4. The molecule has 1 aromatic carbocycles. The summed E-state index contributed by atoms with van der Waals surface area (Å²) < 4.78 is 46.4. The minimum Gasteiger partial charge on any atom is -0.446 e. The number of amides is 1. The van der Waals surface area contributed by atoms with E-state index in [2.05, 4.69) is 34.1 Å². The third kappa shape index (κ3) is 4.25. The number of ether oxygens (including phenoxy) is 1. The number of likely N-dealkylation sites (tertiary alicyclic amines) is 1. The third-order valence-electron chi connectivity index (χ3n) is 6.92. The first-order valence-electron chi connectivity index (χ1n) is 11.2. The van der Waals surface area contributed by atoms with Gasteiger partial charge in [0.15, 0.2) is 11.6 Å². The molecule has 178 valence electrons. The Balaban J connectivity index is 1.21. The molecule has 2 aromatic rings. The Morgan fingerprint density at radius 1 is 1.33 bits per heavy atom. The van der Waals surface area contributed by atoms with Gasteiger partial charge in [0, 0.05) is 35.3 Å². The highest BCUT2D eigenvalue weighted by Crippen LogP contribution is 2.38. The van der Waals surface area contributed by atoms with E-state index >= 15 is 0 Å². The van der Waals surface area contributed by atoms with Crippen molar-refractivity contribution in [1.29, 1.82) is 0 Å². The zero-order valence-electron chi connectivity index (χ0n) is 18.7. The monoisotopic (exact) mass is 477 g/mol. The average molecular weight is 478 g/mol. The molecule has 11 heteroatoms. The second-order valence-electron chi connectivity index (χ2n) is 9.73. The maximum absolute atomic E-state index is 14.8. The molecule has 1 amide bonds. The van der Waals surface area contributed by atoms with Gasteiger partial charge in [0.1, 0.15) is 6.10 Å². The Labute approximate surface area is 192 Å². The molecule has 33 heavy (non-hydrogen) atoms. The molecule has 0 unspecified atom stereocenters. The minimum absolute atomic E-state index is 0.123. The van der Waals surface area contributed by atoms with Gasteiger partial charge in [0.2, 0.25) is 10.0 Å². The van der Waals surface area contributed by atoms with Gasteiger partial charge in [-0.2, -0.15) is 5.10 Å². The van der Waals surface area contributed by atoms with Crippen LogP contribution in [0.3, 0.4) is 0 Å². The highest BCUT2D eigenvalue weighted by atomic mass is 32.2. The molecule has 1 aromatic heterocycles. The van der Waals surface area contributed by atoms with E-state index in [0.717, 1.165) is 37.9 Å². The fraction of sp³-hybridized carbons (Fsp3) is 0.545. The molecule has 0 spiro atoms. The van der Waals surface area contributed by atoms with Crippen molar-refractivity contribution in [1.82, 2.24) is 15.1 Å². The summed E-state index contributed by atoms with van der Waals surface area (Å²) in [6.45, 7) is 4.87. The second-order valence-corrected chi connectivity index (χ2v) is 11.5. The van der Waals surface area contributed by atoms with Crippen LogP contribution in [0.25, 0.3) is 0 Å². The van der Waals surface area contributed by atoms with Gasteiger partial charge >= 0.3 is 6.09 Å². The average Bonchev–Trinajstić information content (AvgIpc) is 3.50. The molecule has 0 radical (unpaired) electrons. The molecule has 1 aliphatic carbocycles. The minimum atomic E-state index is -3.53. The molecule has 3 N–H and O–H groups in total. The lowest BCUT2D eigenvalue weighted by molar-refractivity contribution is 0.0486. The number of benzene rings is 1. The molecule has 1 saturated carbocycles. The zero-order valence-corrected chi connectivity index (χ0v) is 19.5. The van der Waals surface area contributed by atoms with Crippen molar-refractivity contribution in [2.45, 2.75) is 69.3 Å². The molecule has 3 heterocycles. The highest BCUT2D eigenvalue weighted by Gasteiger charge is 2.38. The lowest BCUT2D eigenvalue weighted by atomic mass is 10.0. The van der Waals surface area contributed by atoms with Crippen LogP contribution in [0.15, 0.2) is 18.2 Å². The van der Waals surface area contributed by atoms with Crippen molar-refractivity contribution < 1.29 is 22.3 Å². The van der Waals surface area contributed by atoms with E-state index in [0.29, 0.717) is 12.2 Å². The molecule has 1 saturated heterocycles. The third-order valence-corrected chi connectivity index (χ3v) is 8.12. The largest absolute Gasteiger partial charge is 0.446 e. The predicted molar refractivity (Wildman–Crippen MR) is 121 cm³/mol. The molecular weight excluding hydrogens is 449 g/mol. The number of nitrogens with one attached hydrogen (secondary N) is 3. The summed E-state index contributed by atoms with van der Waals surface area (Å²) in [5.41, 5.74) is 1.29. The number of hydrogen-bond acceptors (Lipinski definition) is 6. The topological polar surface area (TPSA) is 116 Å². The van der Waals surface area contributed by atoms with Crippen LogP contribution in [0.2, 0.25) is 0 Å². The van der Waals surface area contributed by atoms with E-state index in [1.807, 2.05) is 11.0 Å². The van der Waals surface area contributed by atoms with Gasteiger partial charge in [0.25, 0.3) is 0 Å². The van der Waals surface area contributed by atoms with Gasteiger partial charge in [0.05, 0.1) is 17.1 Å². The molecular formula is C22H28FN5O4S. The summed E-state index contributed by atoms with van der Waals surface area (Å²) in [7, 11) is -3.53. The Bertz CT molecular complexity index is 1200. The summed E-state index contributed by atoms with van der Waals surface area (Å²) in [4.78, 5) is 14.4. The molecule has 2 atom stereocenters. The molecule has 3 aliphatic rings. The SMILES string of the molecule is CC1(C)CCCN1C(=O)O[C@H]1CC[C@@H](c2cc(Nc3ccc4c(c3F)CS(=O)(=O)N4)n[nH]2)C1. The molecule has 2 fully saturated rings. The Kier molecular flexibility index (Phi) is 5.26. The van der Waals surface area contributed by atoms with E-state index in [9.17, 15) is 17.6 Å². The van der Waals surface area contributed by atoms with Crippen molar-refractivity contribution in [3.63, 3.8) is 0 Å². The van der Waals surface area contributed by atoms with Crippen LogP contribution in [0.1, 0.15) is 63.1 Å². The maximum Gasteiger partial charge on any atom is 0.410 e. The van der Waals surface area contributed by atoms with Gasteiger partial charge in [-0.15, -0.1) is 0 Å². The Morgan fingerprint density at radius 3 is 2.91 bits per heavy atom. The first kappa shape index (κ1) is 22.0. The highest BCUT2D eigenvalue weighted by molar-refractivity contribution is 7.92.